The van der Waals surface area contributed by atoms with Crippen LogP contribution in [0.15, 0.2) is 4.79 Å². The Balaban J connectivity index is 2.50. The maximum atomic E-state index is 12.2. The Kier molecular flexibility index (Phi) is 2.38. The molecule has 4 nitrogen and oxygen atoms in total. The monoisotopic (exact) mass is 267 g/mol. The third-order valence-electron chi connectivity index (χ3n) is 3.43. The highest BCUT2D eigenvalue weighted by atomic mass is 32.1. The third-order valence-corrected chi connectivity index (χ3v) is 4.91. The molecule has 2 heterocycles. The number of aromatic amines is 1. The number of thiophene rings is 1. The minimum atomic E-state index is -0.171. The van der Waals surface area contributed by atoms with Gasteiger partial charge in [-0.15, -0.1) is 11.3 Å². The summed E-state index contributed by atoms with van der Waals surface area (Å²) in [7, 11) is 0. The van der Waals surface area contributed by atoms with Crippen molar-refractivity contribution in [2.75, 3.05) is 5.84 Å². The Hall–Kier alpha value is -1.14. The fourth-order valence-electron chi connectivity index (χ4n) is 2.58. The summed E-state index contributed by atoms with van der Waals surface area (Å²) in [4.78, 5) is 17.4. The van der Waals surface area contributed by atoms with Gasteiger partial charge in [-0.3, -0.25) is 4.79 Å². The highest BCUT2D eigenvalue weighted by Gasteiger charge is 2.24. The fraction of sp³-hybridized carbons (Fsp3) is 0.455. The van der Waals surface area contributed by atoms with Crippen LogP contribution in [0.5, 0.6) is 0 Å². The Bertz CT molecular complexity index is 710. The number of fused-ring (bicyclic) bond motifs is 3. The molecule has 0 spiro atoms. The quantitative estimate of drug-likeness (QED) is 0.568. The van der Waals surface area contributed by atoms with Gasteiger partial charge in [0.05, 0.1) is 5.39 Å². The molecule has 6 heteroatoms. The van der Waals surface area contributed by atoms with Crippen LogP contribution in [0.3, 0.4) is 0 Å². The van der Waals surface area contributed by atoms with Crippen LogP contribution in [-0.2, 0) is 6.42 Å². The van der Waals surface area contributed by atoms with Crippen molar-refractivity contribution in [2.24, 2.45) is 0 Å². The summed E-state index contributed by atoms with van der Waals surface area (Å²) in [5, 5.41) is 0.744. The lowest BCUT2D eigenvalue weighted by molar-refractivity contribution is 0.601. The smallest absolute Gasteiger partial charge is 0.281 e. The topological polar surface area (TPSA) is 63.8 Å². The summed E-state index contributed by atoms with van der Waals surface area (Å²) in [5.41, 5.74) is 1.02. The second kappa shape index (κ2) is 3.68. The zero-order valence-electron chi connectivity index (χ0n) is 9.45. The molecule has 0 aliphatic heterocycles. The average molecular weight is 267 g/mol. The molecule has 0 fully saturated rings. The Morgan fingerprint density at radius 3 is 3.12 bits per heavy atom. The zero-order valence-corrected chi connectivity index (χ0v) is 11.1. The second-order valence-electron chi connectivity index (χ2n) is 4.54. The van der Waals surface area contributed by atoms with E-state index in [4.69, 9.17) is 18.1 Å². The minimum Gasteiger partial charge on any atom is -0.334 e. The lowest BCUT2D eigenvalue weighted by Crippen LogP contribution is -2.29. The molecule has 0 amide bonds. The number of aromatic nitrogens is 2. The van der Waals surface area contributed by atoms with Crippen LogP contribution in [0.25, 0.3) is 10.2 Å². The number of nitrogens with two attached hydrogens (primary N) is 1. The van der Waals surface area contributed by atoms with E-state index in [0.29, 0.717) is 5.92 Å². The third kappa shape index (κ3) is 1.47. The van der Waals surface area contributed by atoms with Crippen LogP contribution >= 0.6 is 23.6 Å². The molecular formula is C11H13N3OS2. The number of aryl methyl sites for hydroxylation is 1. The number of nitrogens with one attached hydrogen (secondary N) is 1. The van der Waals surface area contributed by atoms with Crippen LogP contribution in [0, 0.1) is 4.77 Å². The van der Waals surface area contributed by atoms with E-state index in [0.717, 1.165) is 27.7 Å². The van der Waals surface area contributed by atoms with Crippen LogP contribution in [0.4, 0.5) is 0 Å². The lowest BCUT2D eigenvalue weighted by atomic mass is 9.88. The summed E-state index contributed by atoms with van der Waals surface area (Å²) >= 11 is 6.68. The summed E-state index contributed by atoms with van der Waals surface area (Å²) in [6, 6.07) is 0. The largest absolute Gasteiger partial charge is 0.334 e. The standard InChI is InChI=1S/C11H13N3OS2/c1-5-3-2-4-6-7(5)8-9(17-6)13-11(16)14(12)10(8)15/h5H,2-4,12H2,1H3,(H,13,16). The number of nitrogens with zero attached hydrogens (tertiary/aromatic N) is 1. The number of H-pyrrole nitrogens is 1. The van der Waals surface area contributed by atoms with Crippen molar-refractivity contribution in [3.63, 3.8) is 0 Å². The first-order valence-corrected chi connectivity index (χ1v) is 6.87. The summed E-state index contributed by atoms with van der Waals surface area (Å²) in [6.45, 7) is 2.17. The van der Waals surface area contributed by atoms with Gasteiger partial charge in [-0.1, -0.05) is 6.92 Å². The normalized spacial score (nSPS) is 19.5. The van der Waals surface area contributed by atoms with E-state index in [2.05, 4.69) is 11.9 Å². The summed E-state index contributed by atoms with van der Waals surface area (Å²) < 4.78 is 1.32. The Morgan fingerprint density at radius 1 is 1.59 bits per heavy atom. The summed E-state index contributed by atoms with van der Waals surface area (Å²) in [5.74, 6) is 6.09. The average Bonchev–Trinajstić information content (AvgIpc) is 2.65. The van der Waals surface area contributed by atoms with E-state index in [-0.39, 0.29) is 10.3 Å². The van der Waals surface area contributed by atoms with E-state index in [1.807, 2.05) is 0 Å². The van der Waals surface area contributed by atoms with Crippen molar-refractivity contribution in [3.8, 4) is 0 Å². The molecule has 0 saturated carbocycles. The lowest BCUT2D eigenvalue weighted by Gasteiger charge is -2.18. The first-order valence-electron chi connectivity index (χ1n) is 5.65. The summed E-state index contributed by atoms with van der Waals surface area (Å²) in [6.07, 6.45) is 3.39. The number of nitrogen functional groups attached to an aromatic ring is 1. The molecule has 0 aromatic carbocycles. The van der Waals surface area contributed by atoms with Crippen molar-refractivity contribution in [1.82, 2.24) is 9.66 Å². The van der Waals surface area contributed by atoms with Gasteiger partial charge < -0.3 is 10.8 Å². The fourth-order valence-corrected chi connectivity index (χ4v) is 4.18. The molecule has 90 valence electrons. The highest BCUT2D eigenvalue weighted by Crippen LogP contribution is 2.39. The van der Waals surface area contributed by atoms with Crippen LogP contribution in [-0.4, -0.2) is 9.66 Å². The Morgan fingerprint density at radius 2 is 2.35 bits per heavy atom. The van der Waals surface area contributed by atoms with Gasteiger partial charge in [0, 0.05) is 4.88 Å². The van der Waals surface area contributed by atoms with Crippen molar-refractivity contribution in [2.45, 2.75) is 32.1 Å². The first-order chi connectivity index (χ1) is 8.09. The first kappa shape index (κ1) is 11.0. The predicted octanol–water partition coefficient (Wildman–Crippen LogP) is 2.27. The molecule has 1 atom stereocenters. The molecule has 3 rings (SSSR count). The number of hydrogen-bond donors (Lipinski definition) is 2. The molecule has 3 N–H and O–H groups in total. The van der Waals surface area contributed by atoms with Crippen molar-refractivity contribution in [1.29, 1.82) is 0 Å². The van der Waals surface area contributed by atoms with Gasteiger partial charge in [0.15, 0.2) is 4.77 Å². The zero-order chi connectivity index (χ0) is 12.2. The van der Waals surface area contributed by atoms with Crippen molar-refractivity contribution < 1.29 is 0 Å². The van der Waals surface area contributed by atoms with E-state index in [9.17, 15) is 4.79 Å². The van der Waals surface area contributed by atoms with Gasteiger partial charge in [-0.25, -0.2) is 0 Å². The van der Waals surface area contributed by atoms with Crippen molar-refractivity contribution in [3.05, 3.63) is 25.6 Å². The molecule has 2 aromatic rings. The highest BCUT2D eigenvalue weighted by molar-refractivity contribution is 7.71. The van der Waals surface area contributed by atoms with Crippen molar-refractivity contribution >= 4 is 33.8 Å². The molecule has 2 aromatic heterocycles. The number of hydrogen-bond acceptors (Lipinski definition) is 4. The molecular weight excluding hydrogens is 254 g/mol. The van der Waals surface area contributed by atoms with E-state index in [1.54, 1.807) is 11.3 Å². The van der Waals surface area contributed by atoms with E-state index >= 15 is 0 Å². The van der Waals surface area contributed by atoms with Gasteiger partial charge in [-0.2, -0.15) is 4.68 Å². The van der Waals surface area contributed by atoms with Crippen LogP contribution in [0.1, 0.15) is 36.1 Å². The van der Waals surface area contributed by atoms with Gasteiger partial charge >= 0.3 is 0 Å². The van der Waals surface area contributed by atoms with Crippen LogP contribution in [0.2, 0.25) is 0 Å². The molecule has 0 radical (unpaired) electrons. The molecule has 1 aliphatic carbocycles. The molecule has 1 unspecified atom stereocenters. The van der Waals surface area contributed by atoms with Gasteiger partial charge in [0.25, 0.3) is 5.56 Å². The maximum absolute atomic E-state index is 12.2. The van der Waals surface area contributed by atoms with E-state index in [1.165, 1.54) is 16.9 Å². The van der Waals surface area contributed by atoms with Gasteiger partial charge in [0.1, 0.15) is 4.83 Å². The number of rotatable bonds is 0. The molecule has 1 aliphatic rings. The predicted molar refractivity (Wildman–Crippen MR) is 72.8 cm³/mol. The SMILES string of the molecule is CC1CCCc2sc3[nH]c(=S)n(N)c(=O)c3c21. The molecule has 0 saturated heterocycles. The Labute approximate surface area is 107 Å². The molecule has 17 heavy (non-hydrogen) atoms. The second-order valence-corrected chi connectivity index (χ2v) is 6.03. The molecule has 0 bridgehead atoms. The maximum Gasteiger partial charge on any atom is 0.281 e. The van der Waals surface area contributed by atoms with Gasteiger partial charge in [-0.05, 0) is 43.0 Å². The van der Waals surface area contributed by atoms with Crippen LogP contribution < -0.4 is 11.4 Å². The minimum absolute atomic E-state index is 0.171. The van der Waals surface area contributed by atoms with Gasteiger partial charge in [0.2, 0.25) is 0 Å². The van der Waals surface area contributed by atoms with E-state index < -0.39 is 0 Å².